The molecule has 0 radical (unpaired) electrons. The summed E-state index contributed by atoms with van der Waals surface area (Å²) in [5.41, 5.74) is 4.74. The number of nitrogens with zero attached hydrogens (tertiary/aromatic N) is 2. The van der Waals surface area contributed by atoms with E-state index in [1.54, 1.807) is 12.1 Å². The lowest BCUT2D eigenvalue weighted by molar-refractivity contribution is 0.449. The van der Waals surface area contributed by atoms with Gasteiger partial charge in [-0.05, 0) is 55.9 Å². The number of phenolic OH excluding ortho intramolecular Hbond substituents is 1. The van der Waals surface area contributed by atoms with Crippen molar-refractivity contribution in [1.82, 2.24) is 9.78 Å². The Balaban J connectivity index is 0.000000658. The second-order valence-corrected chi connectivity index (χ2v) is 8.49. The third-order valence-electron chi connectivity index (χ3n) is 5.40. The molecule has 0 saturated heterocycles. The van der Waals surface area contributed by atoms with Crippen LogP contribution in [-0.4, -0.2) is 14.9 Å². The Labute approximate surface area is 185 Å². The Bertz CT molecular complexity index is 799. The minimum absolute atomic E-state index is 0. The summed E-state index contributed by atoms with van der Waals surface area (Å²) in [5.74, 6) is 2.08. The van der Waals surface area contributed by atoms with Crippen molar-refractivity contribution in [3.63, 3.8) is 0 Å². The fraction of sp³-hybridized carbons (Fsp3) is 0.519. The number of hydrogen-bond donors (Lipinski definition) is 1. The number of aromatic nitrogens is 2. The summed E-state index contributed by atoms with van der Waals surface area (Å²) in [5, 5.41) is 14.1. The van der Waals surface area contributed by atoms with E-state index in [4.69, 9.17) is 0 Å². The van der Waals surface area contributed by atoms with E-state index in [2.05, 4.69) is 39.4 Å². The predicted molar refractivity (Wildman–Crippen MR) is 134 cm³/mol. The Hall–Kier alpha value is -2.29. The molecule has 168 valence electrons. The van der Waals surface area contributed by atoms with Crippen LogP contribution in [0.2, 0.25) is 0 Å². The highest BCUT2D eigenvalue weighted by Crippen LogP contribution is 2.26. The summed E-state index contributed by atoms with van der Waals surface area (Å²) in [6, 6.07) is 7.19. The highest BCUT2D eigenvalue weighted by Gasteiger charge is 2.06. The van der Waals surface area contributed by atoms with E-state index >= 15 is 0 Å². The molecule has 0 spiro atoms. The molecule has 0 aliphatic rings. The van der Waals surface area contributed by atoms with Gasteiger partial charge in [0.15, 0.2) is 0 Å². The van der Waals surface area contributed by atoms with E-state index in [9.17, 15) is 5.11 Å². The first-order valence-electron chi connectivity index (χ1n) is 10.8. The molecule has 0 amide bonds. The molecule has 0 aliphatic carbocycles. The lowest BCUT2D eigenvalue weighted by atomic mass is 9.98. The number of rotatable bonds is 8. The van der Waals surface area contributed by atoms with Crippen molar-refractivity contribution >= 4 is 11.3 Å². The van der Waals surface area contributed by atoms with Crippen molar-refractivity contribution in [2.24, 2.45) is 11.8 Å². The normalized spacial score (nSPS) is 12.1. The zero-order chi connectivity index (χ0) is 22.0. The molecule has 3 nitrogen and oxygen atoms in total. The highest BCUT2D eigenvalue weighted by atomic mass is 16.3. The van der Waals surface area contributed by atoms with Crippen molar-refractivity contribution in [1.29, 1.82) is 0 Å². The van der Waals surface area contributed by atoms with E-state index in [0.717, 1.165) is 39.9 Å². The lowest BCUT2D eigenvalue weighted by Crippen LogP contribution is -1.99. The zero-order valence-electron chi connectivity index (χ0n) is 19.5. The zero-order valence-corrected chi connectivity index (χ0v) is 19.5. The van der Waals surface area contributed by atoms with Crippen molar-refractivity contribution in [3.8, 4) is 5.75 Å². The number of para-hydroxylation sites is 1. The monoisotopic (exact) mass is 412 g/mol. The molecule has 2 aromatic rings. The SMILES string of the molecule is C.C=C(/C=C(/C)n1ncc(C)c1C)c1ccccc1O.CCC(C)CCCC(C)C. The Morgan fingerprint density at radius 1 is 1.17 bits per heavy atom. The molecule has 1 heterocycles. The fourth-order valence-electron chi connectivity index (χ4n) is 3.06. The van der Waals surface area contributed by atoms with Crippen LogP contribution in [0.4, 0.5) is 0 Å². The smallest absolute Gasteiger partial charge is 0.123 e. The van der Waals surface area contributed by atoms with Crippen LogP contribution in [0.15, 0.2) is 43.1 Å². The highest BCUT2D eigenvalue weighted by molar-refractivity contribution is 5.80. The fourth-order valence-corrected chi connectivity index (χ4v) is 3.06. The molecule has 2 rings (SSSR count). The summed E-state index contributed by atoms with van der Waals surface area (Å²) >= 11 is 0. The molecule has 1 unspecified atom stereocenters. The van der Waals surface area contributed by atoms with Crippen molar-refractivity contribution in [2.45, 2.75) is 81.6 Å². The summed E-state index contributed by atoms with van der Waals surface area (Å²) in [6.45, 7) is 19.3. The number of benzene rings is 1. The van der Waals surface area contributed by atoms with Gasteiger partial charge in [0, 0.05) is 17.0 Å². The average Bonchev–Trinajstić information content (AvgIpc) is 3.01. The molecule has 0 aliphatic heterocycles. The molecule has 3 heteroatoms. The Morgan fingerprint density at radius 3 is 2.30 bits per heavy atom. The van der Waals surface area contributed by atoms with Crippen LogP contribution in [0.3, 0.4) is 0 Å². The van der Waals surface area contributed by atoms with E-state index in [1.165, 1.54) is 25.7 Å². The molecule has 30 heavy (non-hydrogen) atoms. The van der Waals surface area contributed by atoms with Gasteiger partial charge in [-0.2, -0.15) is 5.10 Å². The predicted octanol–water partition coefficient (Wildman–Crippen LogP) is 8.27. The van der Waals surface area contributed by atoms with Gasteiger partial charge < -0.3 is 5.11 Å². The van der Waals surface area contributed by atoms with Gasteiger partial charge in [-0.1, -0.05) is 85.6 Å². The number of aryl methyl sites for hydroxylation is 1. The van der Waals surface area contributed by atoms with Gasteiger partial charge in [0.25, 0.3) is 0 Å². The first-order chi connectivity index (χ1) is 13.7. The standard InChI is InChI=1S/C16H18N2O.C10H22.CH4/c1-11(15-7-5-6-8-16(15)19)9-13(3)18-14(4)12(2)10-17-18;1-5-10(4)8-6-7-9(2)3;/h5-10,19H,1H2,2-4H3;9-10H,5-8H2,1-4H3;1H4/b13-9-;;. The van der Waals surface area contributed by atoms with Gasteiger partial charge in [0.1, 0.15) is 5.75 Å². The minimum Gasteiger partial charge on any atom is -0.507 e. The second-order valence-electron chi connectivity index (χ2n) is 8.49. The van der Waals surface area contributed by atoms with Crippen molar-refractivity contribution in [3.05, 3.63) is 59.9 Å². The average molecular weight is 413 g/mol. The maximum Gasteiger partial charge on any atom is 0.123 e. The van der Waals surface area contributed by atoms with Crippen LogP contribution in [-0.2, 0) is 0 Å². The molecule has 1 aromatic heterocycles. The van der Waals surface area contributed by atoms with E-state index in [1.807, 2.05) is 49.9 Å². The van der Waals surface area contributed by atoms with Gasteiger partial charge in [-0.25, -0.2) is 4.68 Å². The van der Waals surface area contributed by atoms with E-state index < -0.39 is 0 Å². The van der Waals surface area contributed by atoms with Crippen LogP contribution in [0.5, 0.6) is 5.75 Å². The molecule has 0 fully saturated rings. The molecular formula is C27H44N2O. The summed E-state index contributed by atoms with van der Waals surface area (Å²) < 4.78 is 1.88. The van der Waals surface area contributed by atoms with Gasteiger partial charge in [-0.15, -0.1) is 0 Å². The van der Waals surface area contributed by atoms with E-state index in [-0.39, 0.29) is 13.2 Å². The summed E-state index contributed by atoms with van der Waals surface area (Å²) in [6.07, 6.45) is 9.37. The number of aromatic hydroxyl groups is 1. The molecule has 1 atom stereocenters. The summed E-state index contributed by atoms with van der Waals surface area (Å²) in [7, 11) is 0. The Morgan fingerprint density at radius 2 is 1.80 bits per heavy atom. The van der Waals surface area contributed by atoms with Crippen molar-refractivity contribution < 1.29 is 5.11 Å². The first-order valence-corrected chi connectivity index (χ1v) is 10.8. The largest absolute Gasteiger partial charge is 0.507 e. The van der Waals surface area contributed by atoms with E-state index in [0.29, 0.717) is 0 Å². The van der Waals surface area contributed by atoms with Crippen LogP contribution < -0.4 is 0 Å². The van der Waals surface area contributed by atoms with Gasteiger partial charge >= 0.3 is 0 Å². The first kappa shape index (κ1) is 27.7. The van der Waals surface area contributed by atoms with Crippen LogP contribution >= 0.6 is 0 Å². The number of hydrogen-bond acceptors (Lipinski definition) is 2. The topological polar surface area (TPSA) is 38.0 Å². The lowest BCUT2D eigenvalue weighted by Gasteiger charge is -2.08. The molecular weight excluding hydrogens is 368 g/mol. The maximum absolute atomic E-state index is 9.81. The molecule has 0 bridgehead atoms. The van der Waals surface area contributed by atoms with Crippen LogP contribution in [0.1, 0.15) is 84.5 Å². The molecule has 0 saturated carbocycles. The number of phenols is 1. The van der Waals surface area contributed by atoms with Gasteiger partial charge in [0.2, 0.25) is 0 Å². The number of allylic oxidation sites excluding steroid dienone is 3. The molecule has 1 aromatic carbocycles. The minimum atomic E-state index is 0. The second kappa shape index (κ2) is 13.8. The van der Waals surface area contributed by atoms with Gasteiger partial charge in [-0.3, -0.25) is 0 Å². The maximum atomic E-state index is 9.81. The van der Waals surface area contributed by atoms with Crippen LogP contribution in [0.25, 0.3) is 11.3 Å². The quantitative estimate of drug-likeness (QED) is 0.443. The van der Waals surface area contributed by atoms with Crippen molar-refractivity contribution in [2.75, 3.05) is 0 Å². The summed E-state index contributed by atoms with van der Waals surface area (Å²) in [4.78, 5) is 0. The van der Waals surface area contributed by atoms with Crippen LogP contribution in [0, 0.1) is 25.7 Å². The third kappa shape index (κ3) is 9.02. The Kier molecular flexibility index (Phi) is 12.8. The molecule has 1 N–H and O–H groups in total. The third-order valence-corrected chi connectivity index (χ3v) is 5.40. The van der Waals surface area contributed by atoms with Gasteiger partial charge in [0.05, 0.1) is 6.20 Å².